The van der Waals surface area contributed by atoms with E-state index in [1.54, 1.807) is 6.92 Å². The largest absolute Gasteiger partial charge is 0.390 e. The van der Waals surface area contributed by atoms with Crippen molar-refractivity contribution < 1.29 is 13.5 Å². The Kier molecular flexibility index (Phi) is 2.51. The highest BCUT2D eigenvalue weighted by Gasteiger charge is 2.34. The highest BCUT2D eigenvalue weighted by Crippen LogP contribution is 2.10. The van der Waals surface area contributed by atoms with Gasteiger partial charge in [-0.3, -0.25) is 0 Å². The molecule has 1 saturated heterocycles. The predicted molar refractivity (Wildman–Crippen MR) is 42.1 cm³/mol. The normalized spacial score (nSPS) is 32.5. The Hall–Kier alpha value is -0.130. The van der Waals surface area contributed by atoms with Gasteiger partial charge >= 0.3 is 0 Å². The molecule has 1 aliphatic heterocycles. The van der Waals surface area contributed by atoms with Crippen LogP contribution in [0.1, 0.15) is 6.92 Å². The number of hydrogen-bond donors (Lipinski definition) is 2. The zero-order valence-corrected chi connectivity index (χ0v) is 7.26. The van der Waals surface area contributed by atoms with Crippen LogP contribution >= 0.6 is 0 Å². The maximum absolute atomic E-state index is 11.2. The lowest BCUT2D eigenvalue weighted by Gasteiger charge is -2.11. The van der Waals surface area contributed by atoms with E-state index in [1.807, 2.05) is 0 Å². The van der Waals surface area contributed by atoms with Gasteiger partial charge in [0.1, 0.15) is 5.25 Å². The van der Waals surface area contributed by atoms with E-state index in [0.29, 0.717) is 13.1 Å². The molecule has 0 spiro atoms. The average molecular weight is 179 g/mol. The van der Waals surface area contributed by atoms with Crippen molar-refractivity contribution in [2.45, 2.75) is 18.3 Å². The smallest absolute Gasteiger partial charge is 0.156 e. The topological polar surface area (TPSA) is 66.4 Å². The van der Waals surface area contributed by atoms with Gasteiger partial charge in [-0.05, 0) is 0 Å². The van der Waals surface area contributed by atoms with E-state index in [9.17, 15) is 13.5 Å². The number of aliphatic hydroxyl groups excluding tert-OH is 1. The van der Waals surface area contributed by atoms with Crippen LogP contribution < -0.4 is 5.32 Å². The highest BCUT2D eigenvalue weighted by atomic mass is 32.2. The molecule has 0 aromatic rings. The van der Waals surface area contributed by atoms with Crippen LogP contribution in [0.15, 0.2) is 0 Å². The van der Waals surface area contributed by atoms with Crippen LogP contribution in [-0.4, -0.2) is 43.7 Å². The molecule has 1 fully saturated rings. The fourth-order valence-corrected chi connectivity index (χ4v) is 2.60. The third-order valence-electron chi connectivity index (χ3n) is 1.99. The standard InChI is InChI=1S/C6H13NO3S/c1-2-11(9,10)6-4-7-3-5(6)8/h5-8H,2-4H2,1H3. The minimum Gasteiger partial charge on any atom is -0.390 e. The first-order chi connectivity index (χ1) is 5.08. The molecule has 4 nitrogen and oxygen atoms in total. The van der Waals surface area contributed by atoms with Crippen LogP contribution in [0.4, 0.5) is 0 Å². The molecule has 0 aliphatic carbocycles. The molecule has 1 rings (SSSR count). The number of aliphatic hydroxyl groups is 1. The van der Waals surface area contributed by atoms with Crippen LogP contribution in [0.25, 0.3) is 0 Å². The van der Waals surface area contributed by atoms with Crippen LogP contribution in [0.2, 0.25) is 0 Å². The summed E-state index contributed by atoms with van der Waals surface area (Å²) in [7, 11) is -3.06. The van der Waals surface area contributed by atoms with Crippen molar-refractivity contribution in [1.29, 1.82) is 0 Å². The quantitative estimate of drug-likeness (QED) is 0.556. The SMILES string of the molecule is CCS(=O)(=O)C1CNCC1O. The van der Waals surface area contributed by atoms with Gasteiger partial charge < -0.3 is 10.4 Å². The number of rotatable bonds is 2. The van der Waals surface area contributed by atoms with E-state index in [-0.39, 0.29) is 5.75 Å². The van der Waals surface area contributed by atoms with Crippen LogP contribution in [0.3, 0.4) is 0 Å². The molecule has 2 unspecified atom stereocenters. The fourth-order valence-electron chi connectivity index (χ4n) is 1.22. The van der Waals surface area contributed by atoms with Gasteiger partial charge in [-0.2, -0.15) is 0 Å². The van der Waals surface area contributed by atoms with Crippen LogP contribution in [0.5, 0.6) is 0 Å². The third kappa shape index (κ3) is 1.72. The fraction of sp³-hybridized carbons (Fsp3) is 1.00. The second-order valence-electron chi connectivity index (χ2n) is 2.72. The lowest BCUT2D eigenvalue weighted by Crippen LogP contribution is -2.33. The van der Waals surface area contributed by atoms with E-state index in [2.05, 4.69) is 5.32 Å². The second-order valence-corrected chi connectivity index (χ2v) is 5.22. The summed E-state index contributed by atoms with van der Waals surface area (Å²) in [5, 5.41) is 11.5. The lowest BCUT2D eigenvalue weighted by atomic mass is 10.3. The molecule has 5 heteroatoms. The van der Waals surface area contributed by atoms with Crippen molar-refractivity contribution in [3.05, 3.63) is 0 Å². The molecule has 66 valence electrons. The summed E-state index contributed by atoms with van der Waals surface area (Å²) in [6.45, 7) is 2.38. The predicted octanol–water partition coefficient (Wildman–Crippen LogP) is -1.25. The van der Waals surface area contributed by atoms with E-state index in [1.165, 1.54) is 0 Å². The van der Waals surface area contributed by atoms with Crippen molar-refractivity contribution >= 4 is 9.84 Å². The van der Waals surface area contributed by atoms with Gasteiger partial charge in [0, 0.05) is 18.8 Å². The minimum atomic E-state index is -3.06. The first-order valence-electron chi connectivity index (χ1n) is 3.68. The van der Waals surface area contributed by atoms with Crippen molar-refractivity contribution in [3.8, 4) is 0 Å². The monoisotopic (exact) mass is 179 g/mol. The summed E-state index contributed by atoms with van der Waals surface area (Å²) in [5.41, 5.74) is 0. The van der Waals surface area contributed by atoms with Gasteiger partial charge in [0.05, 0.1) is 6.10 Å². The highest BCUT2D eigenvalue weighted by molar-refractivity contribution is 7.92. The Morgan fingerprint density at radius 3 is 2.55 bits per heavy atom. The van der Waals surface area contributed by atoms with Crippen molar-refractivity contribution in [1.82, 2.24) is 5.32 Å². The molecule has 0 aromatic carbocycles. The maximum Gasteiger partial charge on any atom is 0.156 e. The first kappa shape index (κ1) is 8.96. The number of nitrogens with one attached hydrogen (secondary N) is 1. The Morgan fingerprint density at radius 2 is 2.18 bits per heavy atom. The molecule has 2 N–H and O–H groups in total. The molecule has 0 aromatic heterocycles. The van der Waals surface area contributed by atoms with E-state index >= 15 is 0 Å². The first-order valence-corrected chi connectivity index (χ1v) is 5.40. The Balaban J connectivity index is 2.75. The average Bonchev–Trinajstić information content (AvgIpc) is 2.36. The van der Waals surface area contributed by atoms with Crippen LogP contribution in [-0.2, 0) is 9.84 Å². The third-order valence-corrected chi connectivity index (χ3v) is 4.20. The van der Waals surface area contributed by atoms with Gasteiger partial charge in [0.15, 0.2) is 9.84 Å². The molecule has 0 saturated carbocycles. The number of sulfone groups is 1. The Bertz CT molecular complexity index is 224. The second kappa shape index (κ2) is 3.08. The van der Waals surface area contributed by atoms with Gasteiger partial charge in [-0.15, -0.1) is 0 Å². The van der Waals surface area contributed by atoms with Crippen LogP contribution in [0, 0.1) is 0 Å². The van der Waals surface area contributed by atoms with E-state index in [0.717, 1.165) is 0 Å². The molecule has 0 amide bonds. The molecule has 2 atom stereocenters. The van der Waals surface area contributed by atoms with Gasteiger partial charge in [0.25, 0.3) is 0 Å². The summed E-state index contributed by atoms with van der Waals surface area (Å²) in [5.74, 6) is 0.108. The lowest BCUT2D eigenvalue weighted by molar-refractivity contribution is 0.198. The Morgan fingerprint density at radius 1 is 1.55 bits per heavy atom. The van der Waals surface area contributed by atoms with Crippen molar-refractivity contribution in [3.63, 3.8) is 0 Å². The summed E-state index contributed by atoms with van der Waals surface area (Å²) < 4.78 is 22.4. The number of hydrogen-bond acceptors (Lipinski definition) is 4. The van der Waals surface area contributed by atoms with Crippen molar-refractivity contribution in [2.75, 3.05) is 18.8 Å². The minimum absolute atomic E-state index is 0.108. The number of β-amino-alcohol motifs (C(OH)–C–C–N with tert-alkyl or cyclic N) is 1. The maximum atomic E-state index is 11.2. The summed E-state index contributed by atoms with van der Waals surface area (Å²) in [6.07, 6.45) is -0.722. The van der Waals surface area contributed by atoms with Gasteiger partial charge in [0.2, 0.25) is 0 Å². The van der Waals surface area contributed by atoms with Gasteiger partial charge in [-0.25, -0.2) is 8.42 Å². The molecule has 0 bridgehead atoms. The van der Waals surface area contributed by atoms with Gasteiger partial charge in [-0.1, -0.05) is 6.92 Å². The van der Waals surface area contributed by atoms with E-state index in [4.69, 9.17) is 0 Å². The molecule has 1 aliphatic rings. The zero-order valence-electron chi connectivity index (χ0n) is 6.45. The van der Waals surface area contributed by atoms with E-state index < -0.39 is 21.2 Å². The summed E-state index contributed by atoms with van der Waals surface area (Å²) >= 11 is 0. The zero-order chi connectivity index (χ0) is 8.48. The van der Waals surface area contributed by atoms with Crippen molar-refractivity contribution in [2.24, 2.45) is 0 Å². The molecular weight excluding hydrogens is 166 g/mol. The molecule has 1 heterocycles. The summed E-state index contributed by atoms with van der Waals surface area (Å²) in [4.78, 5) is 0. The molecular formula is C6H13NO3S. The molecule has 0 radical (unpaired) electrons. The Labute approximate surface area is 66.5 Å². The molecule has 11 heavy (non-hydrogen) atoms. The summed E-state index contributed by atoms with van der Waals surface area (Å²) in [6, 6.07) is 0.